The van der Waals surface area contributed by atoms with Gasteiger partial charge in [-0.2, -0.15) is 0 Å². The summed E-state index contributed by atoms with van der Waals surface area (Å²) in [7, 11) is 0. The van der Waals surface area contributed by atoms with Crippen LogP contribution in [0.1, 0.15) is 29.3 Å². The second-order valence-corrected chi connectivity index (χ2v) is 5.88. The van der Waals surface area contributed by atoms with Crippen LogP contribution in [0.5, 0.6) is 5.75 Å². The first-order chi connectivity index (χ1) is 11.9. The molecule has 0 spiro atoms. The Labute approximate surface area is 144 Å². The molecule has 2 aromatic rings. The highest BCUT2D eigenvalue weighted by atomic mass is 19.1. The van der Waals surface area contributed by atoms with Gasteiger partial charge in [0.1, 0.15) is 11.6 Å². The van der Waals surface area contributed by atoms with Gasteiger partial charge in [-0.25, -0.2) is 9.37 Å². The number of nitrogens with zero attached hydrogens (tertiary/aromatic N) is 2. The Bertz CT molecular complexity index is 853. The predicted octanol–water partition coefficient (Wildman–Crippen LogP) is 2.50. The third kappa shape index (κ3) is 3.17. The Morgan fingerprint density at radius 3 is 2.80 bits per heavy atom. The lowest BCUT2D eigenvalue weighted by Gasteiger charge is -2.32. The van der Waals surface area contributed by atoms with Crippen LogP contribution >= 0.6 is 0 Å². The molecule has 1 aromatic heterocycles. The maximum absolute atomic E-state index is 13.4. The van der Waals surface area contributed by atoms with Gasteiger partial charge in [0.25, 0.3) is 5.91 Å². The molecule has 25 heavy (non-hydrogen) atoms. The van der Waals surface area contributed by atoms with Crippen molar-refractivity contribution in [3.05, 3.63) is 47.3 Å². The van der Waals surface area contributed by atoms with Crippen molar-refractivity contribution in [2.45, 2.75) is 26.4 Å². The van der Waals surface area contributed by atoms with E-state index in [0.29, 0.717) is 23.3 Å². The summed E-state index contributed by atoms with van der Waals surface area (Å²) in [5.41, 5.74) is 6.40. The zero-order chi connectivity index (χ0) is 18.1. The number of hydrogen-bond donors (Lipinski definition) is 1. The fourth-order valence-electron chi connectivity index (χ4n) is 2.68. The number of halogens is 1. The summed E-state index contributed by atoms with van der Waals surface area (Å²) in [4.78, 5) is 30.6. The molecular weight excluding hydrogens is 325 g/mol. The van der Waals surface area contributed by atoms with Crippen molar-refractivity contribution in [1.82, 2.24) is 4.98 Å². The van der Waals surface area contributed by atoms with E-state index in [1.807, 2.05) is 6.92 Å². The van der Waals surface area contributed by atoms with Gasteiger partial charge in [0.2, 0.25) is 0 Å². The monoisotopic (exact) mass is 343 g/mol. The van der Waals surface area contributed by atoms with Crippen LogP contribution in [0.15, 0.2) is 30.3 Å². The maximum atomic E-state index is 13.4. The molecule has 1 aliphatic rings. The molecule has 1 amide bonds. The highest BCUT2D eigenvalue weighted by Gasteiger charge is 2.35. The summed E-state index contributed by atoms with van der Waals surface area (Å²) in [6.07, 6.45) is -0.219. The first-order valence-electron chi connectivity index (χ1n) is 7.94. The second kappa shape index (κ2) is 6.51. The van der Waals surface area contributed by atoms with Gasteiger partial charge in [0.15, 0.2) is 23.5 Å². The van der Waals surface area contributed by atoms with Crippen molar-refractivity contribution in [1.29, 1.82) is 0 Å². The SMILES string of the molecule is CCC1Oc2ccc(N)nc2N(CC(=O)c2ccc(F)c(C)c2)C1=O. The zero-order valence-electron chi connectivity index (χ0n) is 14.0. The van der Waals surface area contributed by atoms with E-state index in [0.717, 1.165) is 0 Å². The molecule has 1 aromatic carbocycles. The van der Waals surface area contributed by atoms with E-state index in [4.69, 9.17) is 10.5 Å². The maximum Gasteiger partial charge on any atom is 0.269 e. The van der Waals surface area contributed by atoms with Crippen LogP contribution in [0.3, 0.4) is 0 Å². The number of anilines is 2. The third-order valence-corrected chi connectivity index (χ3v) is 4.08. The van der Waals surface area contributed by atoms with Gasteiger partial charge in [-0.1, -0.05) is 6.92 Å². The van der Waals surface area contributed by atoms with E-state index < -0.39 is 6.10 Å². The molecule has 3 rings (SSSR count). The molecule has 0 aliphatic carbocycles. The number of ether oxygens (including phenoxy) is 1. The number of nitrogen functional groups attached to an aromatic ring is 1. The van der Waals surface area contributed by atoms with Gasteiger partial charge >= 0.3 is 0 Å². The van der Waals surface area contributed by atoms with Gasteiger partial charge < -0.3 is 10.5 Å². The Hall–Kier alpha value is -2.96. The summed E-state index contributed by atoms with van der Waals surface area (Å²) in [5, 5.41) is 0. The van der Waals surface area contributed by atoms with Gasteiger partial charge in [-0.05, 0) is 49.2 Å². The van der Waals surface area contributed by atoms with Crippen LogP contribution in [-0.4, -0.2) is 29.3 Å². The molecular formula is C18H18FN3O3. The van der Waals surface area contributed by atoms with Crippen molar-refractivity contribution in [2.75, 3.05) is 17.2 Å². The molecule has 1 unspecified atom stereocenters. The molecule has 0 bridgehead atoms. The standard InChI is InChI=1S/C18H18FN3O3/c1-3-14-18(24)22(17-15(25-14)6-7-16(20)21-17)9-13(23)11-4-5-12(19)10(2)8-11/h4-8,14H,3,9H2,1-2H3,(H2,20,21). The van der Waals surface area contributed by atoms with E-state index in [2.05, 4.69) is 4.98 Å². The highest BCUT2D eigenvalue weighted by molar-refractivity contribution is 6.07. The molecule has 7 heteroatoms. The van der Waals surface area contributed by atoms with Crippen LogP contribution < -0.4 is 15.4 Å². The molecule has 0 fully saturated rings. The van der Waals surface area contributed by atoms with Crippen molar-refractivity contribution >= 4 is 23.3 Å². The Kier molecular flexibility index (Phi) is 4.39. The van der Waals surface area contributed by atoms with Crippen LogP contribution in [0.4, 0.5) is 16.0 Å². The number of ketones is 1. The summed E-state index contributed by atoms with van der Waals surface area (Å²) in [6, 6.07) is 7.31. The number of fused-ring (bicyclic) bond motifs is 1. The van der Waals surface area contributed by atoms with Crippen LogP contribution in [0, 0.1) is 12.7 Å². The molecule has 130 valence electrons. The summed E-state index contributed by atoms with van der Waals surface area (Å²) < 4.78 is 19.0. The first-order valence-corrected chi connectivity index (χ1v) is 7.94. The van der Waals surface area contributed by atoms with E-state index in [1.54, 1.807) is 19.1 Å². The molecule has 2 N–H and O–H groups in total. The van der Waals surface area contributed by atoms with E-state index in [9.17, 15) is 14.0 Å². The molecule has 0 saturated carbocycles. The number of amides is 1. The van der Waals surface area contributed by atoms with E-state index >= 15 is 0 Å². The smallest absolute Gasteiger partial charge is 0.269 e. The van der Waals surface area contributed by atoms with Gasteiger partial charge in [-0.3, -0.25) is 14.5 Å². The Morgan fingerprint density at radius 2 is 2.12 bits per heavy atom. The number of Topliss-reactive ketones (excluding diaryl/α,β-unsaturated/α-hetero) is 1. The zero-order valence-corrected chi connectivity index (χ0v) is 14.0. The molecule has 0 radical (unpaired) electrons. The first kappa shape index (κ1) is 16.9. The van der Waals surface area contributed by atoms with Crippen LogP contribution in [0.2, 0.25) is 0 Å². The molecule has 2 heterocycles. The Balaban J connectivity index is 1.94. The molecule has 6 nitrogen and oxygen atoms in total. The summed E-state index contributed by atoms with van der Waals surface area (Å²) in [5.74, 6) is -0.195. The van der Waals surface area contributed by atoms with Gasteiger partial charge in [-0.15, -0.1) is 0 Å². The number of carbonyl (C=O) groups excluding carboxylic acids is 2. The number of rotatable bonds is 4. The number of hydrogen-bond acceptors (Lipinski definition) is 5. The lowest BCUT2D eigenvalue weighted by atomic mass is 10.1. The number of pyridine rings is 1. The predicted molar refractivity (Wildman–Crippen MR) is 91.2 cm³/mol. The number of aromatic nitrogens is 1. The average molecular weight is 343 g/mol. The van der Waals surface area contributed by atoms with Crippen molar-refractivity contribution in [3.8, 4) is 5.75 Å². The minimum atomic E-state index is -0.680. The lowest BCUT2D eigenvalue weighted by molar-refractivity contribution is -0.126. The van der Waals surface area contributed by atoms with Crippen molar-refractivity contribution in [3.63, 3.8) is 0 Å². The fraction of sp³-hybridized carbons (Fsp3) is 0.278. The van der Waals surface area contributed by atoms with E-state index in [1.165, 1.54) is 23.1 Å². The van der Waals surface area contributed by atoms with Crippen molar-refractivity contribution in [2.24, 2.45) is 0 Å². The number of carbonyl (C=O) groups is 2. The summed E-state index contributed by atoms with van der Waals surface area (Å²) >= 11 is 0. The average Bonchev–Trinajstić information content (AvgIpc) is 2.59. The van der Waals surface area contributed by atoms with Gasteiger partial charge in [0, 0.05) is 5.56 Å². The third-order valence-electron chi connectivity index (χ3n) is 4.08. The van der Waals surface area contributed by atoms with Crippen LogP contribution in [-0.2, 0) is 4.79 Å². The van der Waals surface area contributed by atoms with Crippen LogP contribution in [0.25, 0.3) is 0 Å². The second-order valence-electron chi connectivity index (χ2n) is 5.88. The Morgan fingerprint density at radius 1 is 1.36 bits per heavy atom. The molecule has 0 saturated heterocycles. The minimum absolute atomic E-state index is 0.215. The minimum Gasteiger partial charge on any atom is -0.477 e. The van der Waals surface area contributed by atoms with Crippen molar-refractivity contribution < 1.29 is 18.7 Å². The number of aryl methyl sites for hydroxylation is 1. The normalized spacial score (nSPS) is 16.4. The molecule has 1 atom stereocenters. The number of benzene rings is 1. The summed E-state index contributed by atoms with van der Waals surface area (Å²) in [6.45, 7) is 3.19. The van der Waals surface area contributed by atoms with Gasteiger partial charge in [0.05, 0.1) is 6.54 Å². The molecule has 1 aliphatic heterocycles. The quantitative estimate of drug-likeness (QED) is 0.862. The fourth-order valence-corrected chi connectivity index (χ4v) is 2.68. The largest absolute Gasteiger partial charge is 0.477 e. The number of nitrogens with two attached hydrogens (primary N) is 1. The lowest BCUT2D eigenvalue weighted by Crippen LogP contribution is -2.48. The topological polar surface area (TPSA) is 85.5 Å². The highest BCUT2D eigenvalue weighted by Crippen LogP contribution is 2.33. The van der Waals surface area contributed by atoms with E-state index in [-0.39, 0.29) is 35.7 Å².